The van der Waals surface area contributed by atoms with Gasteiger partial charge in [0.05, 0.1) is 5.69 Å². The van der Waals surface area contributed by atoms with Crippen molar-refractivity contribution in [1.82, 2.24) is 24.9 Å². The van der Waals surface area contributed by atoms with Crippen molar-refractivity contribution in [3.8, 4) is 22.7 Å². The Balaban J connectivity index is 1.78. The predicted octanol–water partition coefficient (Wildman–Crippen LogP) is 2.72. The molecule has 1 N–H and O–H groups in total. The molecular formula is C18H15N5O2. The van der Waals surface area contributed by atoms with Crippen LogP contribution in [0.25, 0.3) is 28.4 Å². The Morgan fingerprint density at radius 1 is 1.16 bits per heavy atom. The first-order chi connectivity index (χ1) is 12.2. The number of fused-ring (bicyclic) bond motifs is 1. The first kappa shape index (κ1) is 15.1. The standard InChI is InChI=1S/C18H15N5O2/c1-11-16(25-10-20-11)17-22-21-15-9-13(6-7-23(15)17)12-4-3-5-14(8-12)18(24)19-2/h3-10H,1-2H3,(H,19,24). The molecule has 4 rings (SSSR count). The van der Waals surface area contributed by atoms with Crippen LogP contribution in [0.15, 0.2) is 53.4 Å². The molecule has 7 heteroatoms. The van der Waals surface area contributed by atoms with Crippen LogP contribution in [0.1, 0.15) is 16.1 Å². The van der Waals surface area contributed by atoms with Gasteiger partial charge in [0.1, 0.15) is 0 Å². The number of nitrogens with zero attached hydrogens (tertiary/aromatic N) is 4. The lowest BCUT2D eigenvalue weighted by atomic mass is 10.0. The molecule has 0 atom stereocenters. The van der Waals surface area contributed by atoms with E-state index in [-0.39, 0.29) is 5.91 Å². The highest BCUT2D eigenvalue weighted by Crippen LogP contribution is 2.25. The topological polar surface area (TPSA) is 85.3 Å². The molecule has 0 aliphatic rings. The Labute approximate surface area is 143 Å². The molecule has 4 aromatic rings. The normalized spacial score (nSPS) is 11.0. The minimum absolute atomic E-state index is 0.117. The Bertz CT molecular complexity index is 1080. The van der Waals surface area contributed by atoms with Crippen LogP contribution in [-0.2, 0) is 0 Å². The van der Waals surface area contributed by atoms with Crippen molar-refractivity contribution < 1.29 is 9.21 Å². The van der Waals surface area contributed by atoms with E-state index in [0.717, 1.165) is 16.8 Å². The lowest BCUT2D eigenvalue weighted by Crippen LogP contribution is -2.17. The van der Waals surface area contributed by atoms with Crippen LogP contribution in [-0.4, -0.2) is 32.5 Å². The minimum Gasteiger partial charge on any atom is -0.440 e. The number of hydrogen-bond donors (Lipinski definition) is 1. The van der Waals surface area contributed by atoms with Crippen molar-refractivity contribution >= 4 is 11.6 Å². The van der Waals surface area contributed by atoms with Gasteiger partial charge in [0, 0.05) is 18.8 Å². The zero-order valence-corrected chi connectivity index (χ0v) is 13.7. The zero-order valence-electron chi connectivity index (χ0n) is 13.7. The minimum atomic E-state index is -0.117. The van der Waals surface area contributed by atoms with E-state index < -0.39 is 0 Å². The van der Waals surface area contributed by atoms with Gasteiger partial charge in [-0.3, -0.25) is 9.20 Å². The summed E-state index contributed by atoms with van der Waals surface area (Å²) in [5.41, 5.74) is 3.94. The number of nitrogens with one attached hydrogen (secondary N) is 1. The van der Waals surface area contributed by atoms with Crippen LogP contribution in [0, 0.1) is 6.92 Å². The van der Waals surface area contributed by atoms with Gasteiger partial charge in [-0.1, -0.05) is 12.1 Å². The zero-order chi connectivity index (χ0) is 17.4. The third-order valence-corrected chi connectivity index (χ3v) is 4.04. The lowest BCUT2D eigenvalue weighted by molar-refractivity contribution is 0.0963. The summed E-state index contributed by atoms with van der Waals surface area (Å²) in [5, 5.41) is 11.1. The van der Waals surface area contributed by atoms with Gasteiger partial charge in [-0.25, -0.2) is 4.98 Å². The highest BCUT2D eigenvalue weighted by atomic mass is 16.3. The fourth-order valence-corrected chi connectivity index (χ4v) is 2.73. The van der Waals surface area contributed by atoms with E-state index >= 15 is 0 Å². The molecule has 0 saturated heterocycles. The smallest absolute Gasteiger partial charge is 0.251 e. The van der Waals surface area contributed by atoms with Gasteiger partial charge < -0.3 is 9.73 Å². The summed E-state index contributed by atoms with van der Waals surface area (Å²) in [6.07, 6.45) is 3.28. The second-order valence-corrected chi connectivity index (χ2v) is 5.59. The van der Waals surface area contributed by atoms with E-state index in [2.05, 4.69) is 20.5 Å². The van der Waals surface area contributed by atoms with Crippen molar-refractivity contribution in [2.75, 3.05) is 7.05 Å². The number of carbonyl (C=O) groups excluding carboxylic acids is 1. The van der Waals surface area contributed by atoms with Gasteiger partial charge in [-0.2, -0.15) is 0 Å². The predicted molar refractivity (Wildman–Crippen MR) is 92.0 cm³/mol. The van der Waals surface area contributed by atoms with Crippen LogP contribution in [0.2, 0.25) is 0 Å². The number of carbonyl (C=O) groups is 1. The molecule has 0 radical (unpaired) electrons. The summed E-state index contributed by atoms with van der Waals surface area (Å²) >= 11 is 0. The second kappa shape index (κ2) is 5.86. The molecule has 0 aliphatic carbocycles. The molecule has 0 fully saturated rings. The molecule has 3 heterocycles. The van der Waals surface area contributed by atoms with E-state index in [1.54, 1.807) is 13.1 Å². The molecule has 1 amide bonds. The molecule has 0 bridgehead atoms. The third kappa shape index (κ3) is 2.55. The largest absolute Gasteiger partial charge is 0.440 e. The third-order valence-electron chi connectivity index (χ3n) is 4.04. The monoisotopic (exact) mass is 333 g/mol. The van der Waals surface area contributed by atoms with Crippen LogP contribution >= 0.6 is 0 Å². The first-order valence-corrected chi connectivity index (χ1v) is 7.75. The number of amides is 1. The molecule has 7 nitrogen and oxygen atoms in total. The maximum Gasteiger partial charge on any atom is 0.251 e. The van der Waals surface area contributed by atoms with E-state index in [1.165, 1.54) is 6.39 Å². The Morgan fingerprint density at radius 3 is 2.76 bits per heavy atom. The fourth-order valence-electron chi connectivity index (χ4n) is 2.73. The van der Waals surface area contributed by atoms with Gasteiger partial charge in [0.15, 0.2) is 17.8 Å². The van der Waals surface area contributed by atoms with Crippen molar-refractivity contribution in [3.63, 3.8) is 0 Å². The lowest BCUT2D eigenvalue weighted by Gasteiger charge is -2.06. The maximum absolute atomic E-state index is 11.8. The van der Waals surface area contributed by atoms with Crippen molar-refractivity contribution in [1.29, 1.82) is 0 Å². The number of pyridine rings is 1. The molecule has 0 unspecified atom stereocenters. The maximum atomic E-state index is 11.8. The van der Waals surface area contributed by atoms with Gasteiger partial charge in [0.2, 0.25) is 5.82 Å². The summed E-state index contributed by atoms with van der Waals surface area (Å²) in [4.78, 5) is 15.9. The number of hydrogen-bond acceptors (Lipinski definition) is 5. The van der Waals surface area contributed by atoms with E-state index in [9.17, 15) is 4.79 Å². The molecule has 124 valence electrons. The Morgan fingerprint density at radius 2 is 2.00 bits per heavy atom. The Kier molecular flexibility index (Phi) is 3.53. The highest BCUT2D eigenvalue weighted by Gasteiger charge is 2.15. The van der Waals surface area contributed by atoms with Gasteiger partial charge in [0.25, 0.3) is 5.91 Å². The molecule has 25 heavy (non-hydrogen) atoms. The summed E-state index contributed by atoms with van der Waals surface area (Å²) in [6, 6.07) is 11.3. The molecule has 0 spiro atoms. The molecule has 0 saturated carbocycles. The summed E-state index contributed by atoms with van der Waals surface area (Å²) in [6.45, 7) is 1.86. The first-order valence-electron chi connectivity index (χ1n) is 7.75. The van der Waals surface area contributed by atoms with Gasteiger partial charge >= 0.3 is 0 Å². The summed E-state index contributed by atoms with van der Waals surface area (Å²) in [5.74, 6) is 1.09. The van der Waals surface area contributed by atoms with E-state index in [4.69, 9.17) is 4.42 Å². The quantitative estimate of drug-likeness (QED) is 0.623. The number of aryl methyl sites for hydroxylation is 1. The highest BCUT2D eigenvalue weighted by molar-refractivity contribution is 5.95. The number of benzene rings is 1. The number of rotatable bonds is 3. The van der Waals surface area contributed by atoms with E-state index in [1.807, 2.05) is 47.9 Å². The average Bonchev–Trinajstić information content (AvgIpc) is 3.26. The average molecular weight is 333 g/mol. The van der Waals surface area contributed by atoms with Crippen LogP contribution in [0.3, 0.4) is 0 Å². The Hall–Kier alpha value is -3.48. The molecule has 3 aromatic heterocycles. The summed E-state index contributed by atoms with van der Waals surface area (Å²) < 4.78 is 7.25. The van der Waals surface area contributed by atoms with Crippen molar-refractivity contribution in [2.24, 2.45) is 0 Å². The SMILES string of the molecule is CNC(=O)c1cccc(-c2ccn3c(-c4ocnc4C)nnc3c2)c1. The van der Waals surface area contributed by atoms with Crippen LogP contribution < -0.4 is 5.32 Å². The molecule has 0 aliphatic heterocycles. The van der Waals surface area contributed by atoms with Crippen LogP contribution in [0.5, 0.6) is 0 Å². The number of oxazole rings is 1. The van der Waals surface area contributed by atoms with Gasteiger partial charge in [-0.05, 0) is 42.3 Å². The van der Waals surface area contributed by atoms with E-state index in [0.29, 0.717) is 22.8 Å². The molecule has 1 aromatic carbocycles. The second-order valence-electron chi connectivity index (χ2n) is 5.59. The van der Waals surface area contributed by atoms with Gasteiger partial charge in [-0.15, -0.1) is 10.2 Å². The van der Waals surface area contributed by atoms with Crippen molar-refractivity contribution in [2.45, 2.75) is 6.92 Å². The van der Waals surface area contributed by atoms with Crippen molar-refractivity contribution in [3.05, 3.63) is 60.2 Å². The number of aromatic nitrogens is 4. The molecular weight excluding hydrogens is 318 g/mol. The fraction of sp³-hybridized carbons (Fsp3) is 0.111. The summed E-state index contributed by atoms with van der Waals surface area (Å²) in [7, 11) is 1.62. The van der Waals surface area contributed by atoms with Crippen LogP contribution in [0.4, 0.5) is 0 Å².